The van der Waals surface area contributed by atoms with E-state index >= 15 is 0 Å². The molecule has 1 aliphatic heterocycles. The molecule has 1 fully saturated rings. The zero-order valence-corrected chi connectivity index (χ0v) is 13.9. The molecule has 0 bridgehead atoms. The number of benzene rings is 1. The van der Waals surface area contributed by atoms with Crippen molar-refractivity contribution in [2.45, 2.75) is 38.6 Å². The van der Waals surface area contributed by atoms with Crippen LogP contribution in [0.5, 0.6) is 0 Å². The lowest BCUT2D eigenvalue weighted by atomic mass is 10.00. The Morgan fingerprint density at radius 2 is 2.04 bits per heavy atom. The Kier molecular flexibility index (Phi) is 5.08. The molecule has 126 valence electrons. The van der Waals surface area contributed by atoms with Crippen molar-refractivity contribution in [1.29, 1.82) is 0 Å². The maximum atomic E-state index is 12.3. The summed E-state index contributed by atoms with van der Waals surface area (Å²) < 4.78 is 5.19. The van der Waals surface area contributed by atoms with E-state index < -0.39 is 5.97 Å². The summed E-state index contributed by atoms with van der Waals surface area (Å²) in [5, 5.41) is 0.962. The van der Waals surface area contributed by atoms with Crippen molar-refractivity contribution < 1.29 is 14.3 Å². The predicted octanol–water partition coefficient (Wildman–Crippen LogP) is 3.18. The summed E-state index contributed by atoms with van der Waals surface area (Å²) in [5.41, 5.74) is 0.965. The lowest BCUT2D eigenvalue weighted by Crippen LogP contribution is -2.45. The van der Waals surface area contributed by atoms with Crippen molar-refractivity contribution in [3.63, 3.8) is 0 Å². The summed E-state index contributed by atoms with van der Waals surface area (Å²) >= 11 is 0. The zero-order chi connectivity index (χ0) is 16.9. The Labute approximate surface area is 141 Å². The molecule has 0 unspecified atom stereocenters. The fourth-order valence-corrected chi connectivity index (χ4v) is 3.22. The van der Waals surface area contributed by atoms with Gasteiger partial charge in [0.25, 0.3) is 5.91 Å². The molecule has 0 saturated carbocycles. The van der Waals surface area contributed by atoms with Crippen molar-refractivity contribution in [3.05, 3.63) is 42.1 Å². The fraction of sp³-hybridized carbons (Fsp3) is 0.421. The number of amides is 1. The van der Waals surface area contributed by atoms with E-state index in [0.717, 1.165) is 43.1 Å². The molecular formula is C19H22N2O3. The second kappa shape index (κ2) is 7.43. The molecule has 1 saturated heterocycles. The number of hydrogen-bond acceptors (Lipinski definition) is 4. The average molecular weight is 326 g/mol. The Hall–Kier alpha value is -2.43. The Balaban J connectivity index is 1.62. The molecule has 24 heavy (non-hydrogen) atoms. The van der Waals surface area contributed by atoms with Gasteiger partial charge in [0.15, 0.2) is 6.61 Å². The topological polar surface area (TPSA) is 59.5 Å². The van der Waals surface area contributed by atoms with Crippen molar-refractivity contribution >= 4 is 22.8 Å². The third-order valence-corrected chi connectivity index (χ3v) is 4.55. The van der Waals surface area contributed by atoms with Gasteiger partial charge < -0.3 is 9.64 Å². The number of para-hydroxylation sites is 1. The monoisotopic (exact) mass is 326 g/mol. The number of ether oxygens (including phenoxy) is 1. The summed E-state index contributed by atoms with van der Waals surface area (Å²) in [5.74, 6) is -0.671. The minimum atomic E-state index is -0.556. The van der Waals surface area contributed by atoms with E-state index in [0.29, 0.717) is 0 Å². The Morgan fingerprint density at radius 3 is 2.88 bits per heavy atom. The van der Waals surface area contributed by atoms with Gasteiger partial charge in [0.2, 0.25) is 0 Å². The van der Waals surface area contributed by atoms with Gasteiger partial charge in [0.05, 0.1) is 5.52 Å². The first kappa shape index (κ1) is 16.4. The molecule has 1 aliphatic rings. The van der Waals surface area contributed by atoms with Crippen molar-refractivity contribution in [2.75, 3.05) is 13.2 Å². The third-order valence-electron chi connectivity index (χ3n) is 4.55. The molecule has 5 nitrogen and oxygen atoms in total. The van der Waals surface area contributed by atoms with Crippen LogP contribution in [0.2, 0.25) is 0 Å². The quantitative estimate of drug-likeness (QED) is 0.810. The molecule has 0 aliphatic carbocycles. The molecule has 0 N–H and O–H groups in total. The maximum Gasteiger partial charge on any atom is 0.357 e. The van der Waals surface area contributed by atoms with Gasteiger partial charge in [-0.2, -0.15) is 0 Å². The number of likely N-dealkylation sites (tertiary alicyclic amines) is 1. The molecule has 1 aromatic carbocycles. The van der Waals surface area contributed by atoms with Crippen LogP contribution in [0.3, 0.4) is 0 Å². The van der Waals surface area contributed by atoms with Crippen molar-refractivity contribution in [1.82, 2.24) is 9.88 Å². The molecule has 2 aromatic rings. The van der Waals surface area contributed by atoms with Gasteiger partial charge in [-0.15, -0.1) is 0 Å². The van der Waals surface area contributed by atoms with Crippen LogP contribution in [0.4, 0.5) is 0 Å². The molecule has 2 heterocycles. The molecule has 0 spiro atoms. The van der Waals surface area contributed by atoms with Gasteiger partial charge >= 0.3 is 5.97 Å². The van der Waals surface area contributed by atoms with Crippen LogP contribution in [0, 0.1) is 0 Å². The highest BCUT2D eigenvalue weighted by molar-refractivity contribution is 5.92. The first-order valence-corrected chi connectivity index (χ1v) is 8.51. The predicted molar refractivity (Wildman–Crippen MR) is 91.7 cm³/mol. The highest BCUT2D eigenvalue weighted by Gasteiger charge is 2.26. The van der Waals surface area contributed by atoms with E-state index in [9.17, 15) is 9.59 Å². The highest BCUT2D eigenvalue weighted by atomic mass is 16.5. The maximum absolute atomic E-state index is 12.3. The van der Waals surface area contributed by atoms with Gasteiger partial charge in [0, 0.05) is 18.0 Å². The fourth-order valence-electron chi connectivity index (χ4n) is 3.22. The minimum Gasteiger partial charge on any atom is -0.451 e. The van der Waals surface area contributed by atoms with Crippen molar-refractivity contribution in [3.8, 4) is 0 Å². The normalized spacial score (nSPS) is 17.7. The van der Waals surface area contributed by atoms with E-state index in [-0.39, 0.29) is 24.2 Å². The lowest BCUT2D eigenvalue weighted by molar-refractivity contribution is -0.138. The Bertz CT molecular complexity index is 744. The summed E-state index contributed by atoms with van der Waals surface area (Å²) in [4.78, 5) is 30.7. The second-order valence-electron chi connectivity index (χ2n) is 6.11. The molecule has 1 atom stereocenters. The van der Waals surface area contributed by atoms with Crippen LogP contribution in [0.1, 0.15) is 43.1 Å². The summed E-state index contributed by atoms with van der Waals surface area (Å²) in [6.45, 7) is 2.62. The largest absolute Gasteiger partial charge is 0.451 e. The number of fused-ring (bicyclic) bond motifs is 1. The van der Waals surface area contributed by atoms with Gasteiger partial charge in [-0.3, -0.25) is 4.79 Å². The minimum absolute atomic E-state index is 0.115. The van der Waals surface area contributed by atoms with E-state index in [2.05, 4.69) is 11.9 Å². The van der Waals surface area contributed by atoms with Crippen LogP contribution in [-0.2, 0) is 9.53 Å². The van der Waals surface area contributed by atoms with E-state index in [1.165, 1.54) is 0 Å². The van der Waals surface area contributed by atoms with Gasteiger partial charge in [-0.05, 0) is 37.8 Å². The summed E-state index contributed by atoms with van der Waals surface area (Å²) in [6.07, 6.45) is 4.14. The van der Waals surface area contributed by atoms with E-state index in [4.69, 9.17) is 4.74 Å². The first-order chi connectivity index (χ1) is 11.7. The number of pyridine rings is 1. The number of nitrogens with zero attached hydrogens (tertiary/aromatic N) is 2. The van der Waals surface area contributed by atoms with Crippen LogP contribution in [0.15, 0.2) is 36.4 Å². The average Bonchev–Trinajstić information content (AvgIpc) is 2.65. The molecule has 0 radical (unpaired) electrons. The number of carbonyl (C=O) groups is 2. The molecule has 3 rings (SSSR count). The number of piperidine rings is 1. The summed E-state index contributed by atoms with van der Waals surface area (Å²) in [6, 6.07) is 11.3. The number of aromatic nitrogens is 1. The van der Waals surface area contributed by atoms with Crippen LogP contribution in [0.25, 0.3) is 10.9 Å². The van der Waals surface area contributed by atoms with Crippen molar-refractivity contribution in [2.24, 2.45) is 0 Å². The smallest absolute Gasteiger partial charge is 0.357 e. The lowest BCUT2D eigenvalue weighted by Gasteiger charge is -2.35. The van der Waals surface area contributed by atoms with Gasteiger partial charge in [-0.1, -0.05) is 31.2 Å². The number of hydrogen-bond donors (Lipinski definition) is 0. The molecule has 5 heteroatoms. The number of carbonyl (C=O) groups excluding carboxylic acids is 2. The highest BCUT2D eigenvalue weighted by Crippen LogP contribution is 2.19. The SMILES string of the molecule is CC[C@H]1CCCCN1C(=O)COC(=O)c1ccc2ccccc2n1. The molecule has 1 amide bonds. The van der Waals surface area contributed by atoms with E-state index in [1.54, 1.807) is 6.07 Å². The molecular weight excluding hydrogens is 304 g/mol. The van der Waals surface area contributed by atoms with Crippen LogP contribution in [-0.4, -0.2) is 41.0 Å². The first-order valence-electron chi connectivity index (χ1n) is 8.51. The van der Waals surface area contributed by atoms with Gasteiger partial charge in [0.1, 0.15) is 5.69 Å². The van der Waals surface area contributed by atoms with Crippen LogP contribution < -0.4 is 0 Å². The third kappa shape index (κ3) is 3.55. The summed E-state index contributed by atoms with van der Waals surface area (Å²) in [7, 11) is 0. The second-order valence-corrected chi connectivity index (χ2v) is 6.11. The standard InChI is InChI=1S/C19H22N2O3/c1-2-15-8-5-6-12-21(15)18(22)13-24-19(23)17-11-10-14-7-3-4-9-16(14)20-17/h3-4,7,9-11,15H,2,5-6,8,12-13H2,1H3/t15-/m0/s1. The zero-order valence-electron chi connectivity index (χ0n) is 13.9. The van der Waals surface area contributed by atoms with Gasteiger partial charge in [-0.25, -0.2) is 9.78 Å². The molecule has 1 aromatic heterocycles. The van der Waals surface area contributed by atoms with Crippen LogP contribution >= 0.6 is 0 Å². The Morgan fingerprint density at radius 1 is 1.21 bits per heavy atom. The van der Waals surface area contributed by atoms with E-state index in [1.807, 2.05) is 35.2 Å². The number of esters is 1. The number of rotatable bonds is 4.